The minimum Gasteiger partial charge on any atom is -0.493 e. The Bertz CT molecular complexity index is 619. The normalized spacial score (nSPS) is 11.5. The molecule has 0 aromatic heterocycles. The average molecular weight is 346 g/mol. The summed E-state index contributed by atoms with van der Waals surface area (Å²) in [6.45, 7) is 8.38. The van der Waals surface area contributed by atoms with Crippen LogP contribution in [-0.4, -0.2) is 18.7 Å². The monoisotopic (exact) mass is 345 g/mol. The molecule has 0 bridgehead atoms. The first-order valence-electron chi connectivity index (χ1n) is 8.68. The van der Waals surface area contributed by atoms with Crippen molar-refractivity contribution in [3.63, 3.8) is 0 Å². The van der Waals surface area contributed by atoms with Gasteiger partial charge in [0.25, 0.3) is 0 Å². The SMILES string of the molecule is CC(C)(C)NCCCCCOc1ccc(Cl)cc1-c1ccccc1. The van der Waals surface area contributed by atoms with Crippen molar-refractivity contribution in [2.75, 3.05) is 13.2 Å². The molecule has 0 aliphatic carbocycles. The summed E-state index contributed by atoms with van der Waals surface area (Å²) in [7, 11) is 0. The Kier molecular flexibility index (Phi) is 7.14. The van der Waals surface area contributed by atoms with Crippen LogP contribution in [-0.2, 0) is 0 Å². The fourth-order valence-electron chi connectivity index (χ4n) is 2.52. The van der Waals surface area contributed by atoms with Crippen LogP contribution in [0.2, 0.25) is 5.02 Å². The summed E-state index contributed by atoms with van der Waals surface area (Å²) in [4.78, 5) is 0. The van der Waals surface area contributed by atoms with E-state index in [-0.39, 0.29) is 5.54 Å². The third kappa shape index (κ3) is 6.54. The number of ether oxygens (including phenoxy) is 1. The van der Waals surface area contributed by atoms with Crippen LogP contribution in [0.5, 0.6) is 5.75 Å². The van der Waals surface area contributed by atoms with Crippen molar-refractivity contribution in [2.24, 2.45) is 0 Å². The molecule has 130 valence electrons. The van der Waals surface area contributed by atoms with Crippen LogP contribution >= 0.6 is 11.6 Å². The highest BCUT2D eigenvalue weighted by molar-refractivity contribution is 6.31. The van der Waals surface area contributed by atoms with Gasteiger partial charge in [0, 0.05) is 16.1 Å². The third-order valence-electron chi connectivity index (χ3n) is 3.76. The molecule has 0 saturated heterocycles. The van der Waals surface area contributed by atoms with Crippen LogP contribution in [0.15, 0.2) is 48.5 Å². The van der Waals surface area contributed by atoms with Gasteiger partial charge in [0.2, 0.25) is 0 Å². The standard InChI is InChI=1S/C21H28ClNO/c1-21(2,3)23-14-8-5-9-15-24-20-13-12-18(22)16-19(20)17-10-6-4-7-11-17/h4,6-7,10-13,16,23H,5,8-9,14-15H2,1-3H3. The van der Waals surface area contributed by atoms with E-state index in [4.69, 9.17) is 16.3 Å². The van der Waals surface area contributed by atoms with Gasteiger partial charge in [-0.1, -0.05) is 41.9 Å². The van der Waals surface area contributed by atoms with E-state index in [0.29, 0.717) is 0 Å². The van der Waals surface area contributed by atoms with Gasteiger partial charge in [-0.3, -0.25) is 0 Å². The van der Waals surface area contributed by atoms with Crippen molar-refractivity contribution < 1.29 is 4.74 Å². The molecule has 0 radical (unpaired) electrons. The molecule has 0 fully saturated rings. The molecule has 0 unspecified atom stereocenters. The summed E-state index contributed by atoms with van der Waals surface area (Å²) in [5.74, 6) is 0.901. The summed E-state index contributed by atoms with van der Waals surface area (Å²) in [5.41, 5.74) is 2.38. The Labute approximate surface area is 151 Å². The van der Waals surface area contributed by atoms with Crippen LogP contribution in [0, 0.1) is 0 Å². The molecule has 0 amide bonds. The van der Waals surface area contributed by atoms with Gasteiger partial charge in [-0.2, -0.15) is 0 Å². The topological polar surface area (TPSA) is 21.3 Å². The second-order valence-electron chi connectivity index (χ2n) is 7.09. The van der Waals surface area contributed by atoms with Gasteiger partial charge >= 0.3 is 0 Å². The van der Waals surface area contributed by atoms with E-state index in [2.05, 4.69) is 38.2 Å². The van der Waals surface area contributed by atoms with E-state index in [1.807, 2.05) is 36.4 Å². The number of rotatable bonds is 8. The maximum absolute atomic E-state index is 6.16. The number of benzene rings is 2. The number of nitrogens with one attached hydrogen (secondary N) is 1. The lowest BCUT2D eigenvalue weighted by atomic mass is 10.0. The summed E-state index contributed by atoms with van der Waals surface area (Å²) in [6, 6.07) is 16.1. The van der Waals surface area contributed by atoms with Gasteiger partial charge in [0.05, 0.1) is 6.61 Å². The van der Waals surface area contributed by atoms with Crippen LogP contribution in [0.1, 0.15) is 40.0 Å². The Morgan fingerprint density at radius 2 is 1.71 bits per heavy atom. The number of hydrogen-bond donors (Lipinski definition) is 1. The summed E-state index contributed by atoms with van der Waals surface area (Å²) in [5, 5.41) is 4.24. The number of hydrogen-bond acceptors (Lipinski definition) is 2. The summed E-state index contributed by atoms with van der Waals surface area (Å²) < 4.78 is 6.01. The highest BCUT2D eigenvalue weighted by Crippen LogP contribution is 2.32. The zero-order valence-electron chi connectivity index (χ0n) is 14.9. The first-order chi connectivity index (χ1) is 11.5. The highest BCUT2D eigenvalue weighted by Gasteiger charge is 2.08. The van der Waals surface area contributed by atoms with E-state index < -0.39 is 0 Å². The van der Waals surface area contributed by atoms with Gasteiger partial charge in [-0.05, 0) is 70.3 Å². The fraction of sp³-hybridized carbons (Fsp3) is 0.429. The molecular formula is C21H28ClNO. The number of halogens is 1. The van der Waals surface area contributed by atoms with Gasteiger partial charge < -0.3 is 10.1 Å². The van der Waals surface area contributed by atoms with Crippen molar-refractivity contribution in [1.29, 1.82) is 0 Å². The quantitative estimate of drug-likeness (QED) is 0.597. The number of unbranched alkanes of at least 4 members (excludes halogenated alkanes) is 2. The summed E-state index contributed by atoms with van der Waals surface area (Å²) >= 11 is 6.16. The van der Waals surface area contributed by atoms with Crippen molar-refractivity contribution in [3.8, 4) is 16.9 Å². The molecule has 1 N–H and O–H groups in total. The second kappa shape index (κ2) is 9.10. The molecule has 0 saturated carbocycles. The smallest absolute Gasteiger partial charge is 0.127 e. The van der Waals surface area contributed by atoms with Crippen LogP contribution in [0.4, 0.5) is 0 Å². The molecule has 2 nitrogen and oxygen atoms in total. The zero-order chi connectivity index (χ0) is 17.4. The predicted molar refractivity (Wildman–Crippen MR) is 104 cm³/mol. The van der Waals surface area contributed by atoms with E-state index >= 15 is 0 Å². The predicted octanol–water partition coefficient (Wildman–Crippen LogP) is 5.94. The van der Waals surface area contributed by atoms with E-state index in [1.165, 1.54) is 6.42 Å². The van der Waals surface area contributed by atoms with Gasteiger partial charge in [-0.15, -0.1) is 0 Å². The lowest BCUT2D eigenvalue weighted by Gasteiger charge is -2.20. The minimum absolute atomic E-state index is 0.199. The highest BCUT2D eigenvalue weighted by atomic mass is 35.5. The second-order valence-corrected chi connectivity index (χ2v) is 7.53. The molecule has 0 spiro atoms. The van der Waals surface area contributed by atoms with E-state index in [0.717, 1.165) is 47.9 Å². The third-order valence-corrected chi connectivity index (χ3v) is 4.00. The molecule has 0 atom stereocenters. The molecular weight excluding hydrogens is 318 g/mol. The molecule has 2 aromatic carbocycles. The van der Waals surface area contributed by atoms with E-state index in [9.17, 15) is 0 Å². The van der Waals surface area contributed by atoms with Crippen molar-refractivity contribution in [3.05, 3.63) is 53.6 Å². The lowest BCUT2D eigenvalue weighted by molar-refractivity contribution is 0.304. The Morgan fingerprint density at radius 3 is 2.42 bits per heavy atom. The van der Waals surface area contributed by atoms with Crippen molar-refractivity contribution in [1.82, 2.24) is 5.32 Å². The first-order valence-corrected chi connectivity index (χ1v) is 9.06. The summed E-state index contributed by atoms with van der Waals surface area (Å²) in [6.07, 6.45) is 3.40. The fourth-order valence-corrected chi connectivity index (χ4v) is 2.69. The Hall–Kier alpha value is -1.51. The lowest BCUT2D eigenvalue weighted by Crippen LogP contribution is -2.36. The van der Waals surface area contributed by atoms with Gasteiger partial charge in [0.15, 0.2) is 0 Å². The molecule has 0 aliphatic heterocycles. The Morgan fingerprint density at radius 1 is 0.958 bits per heavy atom. The van der Waals surface area contributed by atoms with Crippen LogP contribution < -0.4 is 10.1 Å². The molecule has 0 aliphatic rings. The van der Waals surface area contributed by atoms with E-state index in [1.54, 1.807) is 0 Å². The Balaban J connectivity index is 1.83. The average Bonchev–Trinajstić information content (AvgIpc) is 2.55. The molecule has 0 heterocycles. The molecule has 3 heteroatoms. The molecule has 24 heavy (non-hydrogen) atoms. The first kappa shape index (κ1) is 18.8. The van der Waals surface area contributed by atoms with Gasteiger partial charge in [-0.25, -0.2) is 0 Å². The van der Waals surface area contributed by atoms with Crippen molar-refractivity contribution >= 4 is 11.6 Å². The largest absolute Gasteiger partial charge is 0.493 e. The molecule has 2 aromatic rings. The minimum atomic E-state index is 0.199. The van der Waals surface area contributed by atoms with Crippen LogP contribution in [0.3, 0.4) is 0 Å². The van der Waals surface area contributed by atoms with Crippen LogP contribution in [0.25, 0.3) is 11.1 Å². The zero-order valence-corrected chi connectivity index (χ0v) is 15.7. The van der Waals surface area contributed by atoms with Crippen molar-refractivity contribution in [2.45, 2.75) is 45.6 Å². The van der Waals surface area contributed by atoms with Gasteiger partial charge in [0.1, 0.15) is 5.75 Å². The maximum atomic E-state index is 6.16. The molecule has 2 rings (SSSR count). The maximum Gasteiger partial charge on any atom is 0.127 e.